The first kappa shape index (κ1) is 17.5. The Morgan fingerprint density at radius 2 is 1.84 bits per heavy atom. The van der Waals surface area contributed by atoms with Gasteiger partial charge in [-0.3, -0.25) is 9.52 Å². The fourth-order valence-corrected chi connectivity index (χ4v) is 3.72. The summed E-state index contributed by atoms with van der Waals surface area (Å²) >= 11 is 0. The van der Waals surface area contributed by atoms with Gasteiger partial charge in [-0.05, 0) is 61.1 Å². The minimum atomic E-state index is -3.37. The molecular weight excluding hydrogens is 336 g/mol. The van der Waals surface area contributed by atoms with Crippen LogP contribution in [0.1, 0.15) is 46.4 Å². The molecule has 0 saturated heterocycles. The van der Waals surface area contributed by atoms with Crippen LogP contribution in [-0.4, -0.2) is 20.6 Å². The molecule has 1 aliphatic carbocycles. The van der Waals surface area contributed by atoms with E-state index in [1.807, 2.05) is 6.92 Å². The molecule has 5 nitrogen and oxygen atoms in total. The molecule has 132 valence electrons. The Hall–Kier alpha value is -2.34. The van der Waals surface area contributed by atoms with Gasteiger partial charge in [0.15, 0.2) is 0 Å². The molecular formula is C19H22N2O3S. The first-order chi connectivity index (χ1) is 11.8. The fourth-order valence-electron chi connectivity index (χ4n) is 3.16. The number of hydrogen-bond donors (Lipinski definition) is 2. The summed E-state index contributed by atoms with van der Waals surface area (Å²) in [6.07, 6.45) is 4.51. The van der Waals surface area contributed by atoms with Gasteiger partial charge in [0.2, 0.25) is 10.0 Å². The summed E-state index contributed by atoms with van der Waals surface area (Å²) in [5, 5.41) is 2.98. The molecule has 2 aromatic carbocycles. The summed E-state index contributed by atoms with van der Waals surface area (Å²) < 4.78 is 25.0. The van der Waals surface area contributed by atoms with E-state index in [0.29, 0.717) is 11.3 Å². The van der Waals surface area contributed by atoms with Gasteiger partial charge in [-0.15, -0.1) is 0 Å². The van der Waals surface area contributed by atoms with Crippen molar-refractivity contribution in [1.82, 2.24) is 5.32 Å². The topological polar surface area (TPSA) is 75.3 Å². The number of benzene rings is 2. The predicted octanol–water partition coefficient (Wildman–Crippen LogP) is 3.04. The van der Waals surface area contributed by atoms with Gasteiger partial charge in [0.1, 0.15) is 0 Å². The smallest absolute Gasteiger partial charge is 0.251 e. The molecule has 0 aromatic heterocycles. The molecule has 0 unspecified atom stereocenters. The van der Waals surface area contributed by atoms with Gasteiger partial charge >= 0.3 is 0 Å². The molecule has 0 fully saturated rings. The number of aryl methyl sites for hydroxylation is 2. The minimum absolute atomic E-state index is 0.120. The summed E-state index contributed by atoms with van der Waals surface area (Å²) in [5.74, 6) is -0.231. The second kappa shape index (κ2) is 6.88. The molecule has 0 bridgehead atoms. The lowest BCUT2D eigenvalue weighted by molar-refractivity contribution is 0.0940. The zero-order valence-electron chi connectivity index (χ0n) is 14.4. The van der Waals surface area contributed by atoms with Crippen molar-refractivity contribution in [3.63, 3.8) is 0 Å². The van der Waals surface area contributed by atoms with Crippen LogP contribution in [0, 0.1) is 0 Å². The lowest BCUT2D eigenvalue weighted by Crippen LogP contribution is -2.26. The van der Waals surface area contributed by atoms with E-state index in [0.717, 1.165) is 24.7 Å². The van der Waals surface area contributed by atoms with Gasteiger partial charge < -0.3 is 5.32 Å². The maximum atomic E-state index is 12.5. The highest BCUT2D eigenvalue weighted by Gasteiger charge is 2.16. The van der Waals surface area contributed by atoms with E-state index in [2.05, 4.69) is 28.2 Å². The highest BCUT2D eigenvalue weighted by Crippen LogP contribution is 2.25. The van der Waals surface area contributed by atoms with Crippen molar-refractivity contribution in [3.8, 4) is 0 Å². The number of amides is 1. The maximum Gasteiger partial charge on any atom is 0.251 e. The van der Waals surface area contributed by atoms with Crippen LogP contribution in [0.3, 0.4) is 0 Å². The first-order valence-corrected chi connectivity index (χ1v) is 10.2. The summed E-state index contributed by atoms with van der Waals surface area (Å²) in [5.41, 5.74) is 4.65. The van der Waals surface area contributed by atoms with E-state index in [-0.39, 0.29) is 11.9 Å². The van der Waals surface area contributed by atoms with Crippen LogP contribution in [-0.2, 0) is 22.9 Å². The van der Waals surface area contributed by atoms with E-state index in [1.165, 1.54) is 23.6 Å². The van der Waals surface area contributed by atoms with Crippen molar-refractivity contribution >= 4 is 21.6 Å². The number of anilines is 1. The number of hydrogen-bond acceptors (Lipinski definition) is 3. The Bertz CT molecular complexity index is 907. The van der Waals surface area contributed by atoms with Crippen LogP contribution in [0.25, 0.3) is 0 Å². The summed E-state index contributed by atoms with van der Waals surface area (Å²) in [6, 6.07) is 12.7. The molecule has 0 aliphatic heterocycles. The lowest BCUT2D eigenvalue weighted by atomic mass is 10.0. The summed E-state index contributed by atoms with van der Waals surface area (Å²) in [7, 11) is -3.37. The van der Waals surface area contributed by atoms with Crippen molar-refractivity contribution in [3.05, 3.63) is 64.7 Å². The van der Waals surface area contributed by atoms with Crippen LogP contribution in [0.2, 0.25) is 0 Å². The van der Waals surface area contributed by atoms with E-state index in [1.54, 1.807) is 18.2 Å². The van der Waals surface area contributed by atoms with E-state index >= 15 is 0 Å². The van der Waals surface area contributed by atoms with Crippen LogP contribution in [0.4, 0.5) is 5.69 Å². The van der Waals surface area contributed by atoms with Crippen molar-refractivity contribution in [2.45, 2.75) is 32.2 Å². The monoisotopic (exact) mass is 358 g/mol. The predicted molar refractivity (Wildman–Crippen MR) is 99.3 cm³/mol. The third kappa shape index (κ3) is 4.39. The standard InChI is InChI=1S/C19H22N2O3S/c1-13(15-10-9-14-5-3-6-16(14)11-15)20-19(22)17-7-4-8-18(12-17)21-25(2,23)24/h4,7-13,21H,3,5-6H2,1-2H3,(H,20,22)/t13-/m1/s1. The third-order valence-electron chi connectivity index (χ3n) is 4.40. The number of carbonyl (C=O) groups is 1. The molecule has 0 heterocycles. The van der Waals surface area contributed by atoms with Gasteiger partial charge in [0.05, 0.1) is 12.3 Å². The van der Waals surface area contributed by atoms with Crippen molar-refractivity contribution in [2.24, 2.45) is 0 Å². The fraction of sp³-hybridized carbons (Fsp3) is 0.316. The molecule has 25 heavy (non-hydrogen) atoms. The van der Waals surface area contributed by atoms with Gasteiger partial charge in [-0.2, -0.15) is 0 Å². The molecule has 1 atom stereocenters. The largest absolute Gasteiger partial charge is 0.346 e. The van der Waals surface area contributed by atoms with Gasteiger partial charge in [-0.1, -0.05) is 24.3 Å². The molecule has 1 aliphatic rings. The second-order valence-electron chi connectivity index (χ2n) is 6.53. The molecule has 0 spiro atoms. The minimum Gasteiger partial charge on any atom is -0.346 e. The molecule has 1 amide bonds. The number of sulfonamides is 1. The van der Waals surface area contributed by atoms with Crippen LogP contribution in [0.15, 0.2) is 42.5 Å². The highest BCUT2D eigenvalue weighted by atomic mass is 32.2. The van der Waals surface area contributed by atoms with Crippen LogP contribution < -0.4 is 10.0 Å². The Morgan fingerprint density at radius 1 is 1.08 bits per heavy atom. The van der Waals surface area contributed by atoms with E-state index in [4.69, 9.17) is 0 Å². The Kier molecular flexibility index (Phi) is 4.81. The van der Waals surface area contributed by atoms with Gasteiger partial charge in [0, 0.05) is 11.3 Å². The zero-order chi connectivity index (χ0) is 18.0. The Morgan fingerprint density at radius 3 is 2.60 bits per heavy atom. The van der Waals surface area contributed by atoms with Gasteiger partial charge in [-0.25, -0.2) is 8.42 Å². The number of nitrogens with one attached hydrogen (secondary N) is 2. The molecule has 0 saturated carbocycles. The second-order valence-corrected chi connectivity index (χ2v) is 8.28. The summed E-state index contributed by atoms with van der Waals surface area (Å²) in [6.45, 7) is 1.95. The first-order valence-electron chi connectivity index (χ1n) is 8.32. The lowest BCUT2D eigenvalue weighted by Gasteiger charge is -2.16. The van der Waals surface area contributed by atoms with Crippen molar-refractivity contribution < 1.29 is 13.2 Å². The van der Waals surface area contributed by atoms with Gasteiger partial charge in [0.25, 0.3) is 5.91 Å². The third-order valence-corrected chi connectivity index (χ3v) is 5.00. The highest BCUT2D eigenvalue weighted by molar-refractivity contribution is 7.92. The van der Waals surface area contributed by atoms with Crippen LogP contribution in [0.5, 0.6) is 0 Å². The molecule has 6 heteroatoms. The van der Waals surface area contributed by atoms with E-state index in [9.17, 15) is 13.2 Å². The Balaban J connectivity index is 1.72. The average Bonchev–Trinajstić information content (AvgIpc) is 3.01. The Labute approximate surface area is 148 Å². The molecule has 2 aromatic rings. The maximum absolute atomic E-state index is 12.5. The SMILES string of the molecule is C[C@@H](NC(=O)c1cccc(NS(C)(=O)=O)c1)c1ccc2c(c1)CCC2. The number of carbonyl (C=O) groups excluding carboxylic acids is 1. The number of fused-ring (bicyclic) bond motifs is 1. The van der Waals surface area contributed by atoms with Crippen LogP contribution >= 0.6 is 0 Å². The number of rotatable bonds is 5. The quantitative estimate of drug-likeness (QED) is 0.863. The average molecular weight is 358 g/mol. The normalized spacial score (nSPS) is 14.6. The van der Waals surface area contributed by atoms with Crippen molar-refractivity contribution in [1.29, 1.82) is 0 Å². The van der Waals surface area contributed by atoms with Crippen molar-refractivity contribution in [2.75, 3.05) is 11.0 Å². The molecule has 3 rings (SSSR count). The van der Waals surface area contributed by atoms with E-state index < -0.39 is 10.0 Å². The molecule has 0 radical (unpaired) electrons. The zero-order valence-corrected chi connectivity index (χ0v) is 15.2. The summed E-state index contributed by atoms with van der Waals surface area (Å²) in [4.78, 5) is 12.5. The molecule has 2 N–H and O–H groups in total.